The number of urea groups is 1. The number of rotatable bonds is 7. The third kappa shape index (κ3) is 5.58. The highest BCUT2D eigenvalue weighted by Crippen LogP contribution is 2.30. The van der Waals surface area contributed by atoms with Gasteiger partial charge in [0.05, 0.1) is 18.5 Å². The minimum absolute atomic E-state index is 0.242. The molecule has 2 aromatic carbocycles. The average Bonchev–Trinajstić information content (AvgIpc) is 2.79. The zero-order valence-electron chi connectivity index (χ0n) is 17.7. The largest absolute Gasteiger partial charge is 0.495 e. The SMILES string of the molecule is CNC(=O)c1cc(Oc2cccc(NNC(=O)Nc3cc(Cl)ccc3OC)c2C)ccn1. The van der Waals surface area contributed by atoms with Crippen LogP contribution < -0.4 is 31.0 Å². The van der Waals surface area contributed by atoms with E-state index in [1.165, 1.54) is 20.4 Å². The van der Waals surface area contributed by atoms with Gasteiger partial charge in [0.1, 0.15) is 22.9 Å². The monoisotopic (exact) mass is 455 g/mol. The Balaban J connectivity index is 1.68. The second kappa shape index (κ2) is 10.4. The molecule has 4 N–H and O–H groups in total. The maximum absolute atomic E-state index is 12.3. The van der Waals surface area contributed by atoms with Gasteiger partial charge < -0.3 is 20.1 Å². The van der Waals surface area contributed by atoms with Crippen LogP contribution in [0.4, 0.5) is 16.2 Å². The van der Waals surface area contributed by atoms with Gasteiger partial charge in [-0.25, -0.2) is 4.79 Å². The molecular formula is C22H22ClN5O4. The normalized spacial score (nSPS) is 10.1. The molecule has 0 atom stereocenters. The van der Waals surface area contributed by atoms with E-state index >= 15 is 0 Å². The first-order valence-electron chi connectivity index (χ1n) is 9.53. The summed E-state index contributed by atoms with van der Waals surface area (Å²) >= 11 is 5.99. The Morgan fingerprint density at radius 1 is 1.03 bits per heavy atom. The van der Waals surface area contributed by atoms with Crippen molar-refractivity contribution in [3.05, 3.63) is 71.0 Å². The number of ether oxygens (including phenoxy) is 2. The van der Waals surface area contributed by atoms with Crippen LogP contribution in [0.15, 0.2) is 54.7 Å². The number of nitrogens with one attached hydrogen (secondary N) is 4. The van der Waals surface area contributed by atoms with E-state index in [0.717, 1.165) is 5.56 Å². The third-order valence-electron chi connectivity index (χ3n) is 4.42. The Hall–Kier alpha value is -3.98. The molecule has 0 spiro atoms. The summed E-state index contributed by atoms with van der Waals surface area (Å²) in [6, 6.07) is 12.9. The van der Waals surface area contributed by atoms with E-state index in [0.29, 0.717) is 33.6 Å². The molecule has 1 heterocycles. The standard InChI is InChI=1S/C22H22ClN5O4/c1-13-16(27-28-22(30)26-17-11-14(23)7-8-20(17)31-3)5-4-6-19(13)32-15-9-10-25-18(12-15)21(29)24-2/h4-12,27H,1-3H3,(H,24,29)(H2,26,28,30). The number of pyridine rings is 1. The smallest absolute Gasteiger partial charge is 0.337 e. The van der Waals surface area contributed by atoms with E-state index in [-0.39, 0.29) is 11.6 Å². The van der Waals surface area contributed by atoms with Gasteiger partial charge in [-0.15, -0.1) is 0 Å². The van der Waals surface area contributed by atoms with Crippen LogP contribution in [0.1, 0.15) is 16.1 Å². The summed E-state index contributed by atoms with van der Waals surface area (Å²) in [4.78, 5) is 28.1. The molecule has 32 heavy (non-hydrogen) atoms. The molecule has 0 unspecified atom stereocenters. The molecule has 3 amide bonds. The Morgan fingerprint density at radius 2 is 1.84 bits per heavy atom. The van der Waals surface area contributed by atoms with Gasteiger partial charge in [-0.05, 0) is 43.3 Å². The number of halogens is 1. The number of carbonyl (C=O) groups is 2. The van der Waals surface area contributed by atoms with Crippen molar-refractivity contribution in [2.75, 3.05) is 24.9 Å². The number of methoxy groups -OCH3 is 1. The first-order chi connectivity index (χ1) is 15.4. The fourth-order valence-electron chi connectivity index (χ4n) is 2.77. The zero-order chi connectivity index (χ0) is 23.1. The summed E-state index contributed by atoms with van der Waals surface area (Å²) < 4.78 is 11.1. The molecular weight excluding hydrogens is 434 g/mol. The van der Waals surface area contributed by atoms with Crippen molar-refractivity contribution in [3.63, 3.8) is 0 Å². The van der Waals surface area contributed by atoms with Gasteiger partial charge in [-0.3, -0.25) is 20.6 Å². The molecule has 0 saturated carbocycles. The molecule has 0 saturated heterocycles. The highest BCUT2D eigenvalue weighted by atomic mass is 35.5. The Bertz CT molecular complexity index is 1140. The minimum atomic E-state index is -0.513. The molecule has 0 radical (unpaired) electrons. The van der Waals surface area contributed by atoms with Gasteiger partial charge >= 0.3 is 6.03 Å². The number of hydrogen-bond acceptors (Lipinski definition) is 6. The van der Waals surface area contributed by atoms with E-state index < -0.39 is 6.03 Å². The van der Waals surface area contributed by atoms with Crippen LogP contribution in [0, 0.1) is 6.92 Å². The van der Waals surface area contributed by atoms with Gasteiger partial charge in [0.25, 0.3) is 5.91 Å². The summed E-state index contributed by atoms with van der Waals surface area (Å²) in [5, 5.41) is 5.65. The van der Waals surface area contributed by atoms with Crippen molar-refractivity contribution in [2.45, 2.75) is 6.92 Å². The summed E-state index contributed by atoms with van der Waals surface area (Å²) in [5.41, 5.74) is 7.46. The van der Waals surface area contributed by atoms with Crippen LogP contribution in [0.3, 0.4) is 0 Å². The Kier molecular flexibility index (Phi) is 7.35. The number of carbonyl (C=O) groups excluding carboxylic acids is 2. The number of nitrogens with zero attached hydrogens (tertiary/aromatic N) is 1. The number of benzene rings is 2. The van der Waals surface area contributed by atoms with Crippen LogP contribution >= 0.6 is 11.6 Å². The molecule has 3 rings (SSSR count). The fourth-order valence-corrected chi connectivity index (χ4v) is 2.94. The van der Waals surface area contributed by atoms with Crippen molar-refractivity contribution in [1.29, 1.82) is 0 Å². The van der Waals surface area contributed by atoms with Gasteiger partial charge in [-0.1, -0.05) is 17.7 Å². The molecule has 0 aliphatic rings. The minimum Gasteiger partial charge on any atom is -0.495 e. The molecule has 0 bridgehead atoms. The van der Waals surface area contributed by atoms with Gasteiger partial charge in [-0.2, -0.15) is 0 Å². The summed E-state index contributed by atoms with van der Waals surface area (Å²) in [5.74, 6) is 1.17. The Labute approximate surface area is 190 Å². The molecule has 10 heteroatoms. The van der Waals surface area contributed by atoms with E-state index in [1.54, 1.807) is 48.5 Å². The Morgan fingerprint density at radius 3 is 2.59 bits per heavy atom. The lowest BCUT2D eigenvalue weighted by Gasteiger charge is -2.16. The fraction of sp³-hybridized carbons (Fsp3) is 0.136. The van der Waals surface area contributed by atoms with Crippen LogP contribution in [-0.4, -0.2) is 31.1 Å². The number of anilines is 2. The van der Waals surface area contributed by atoms with Crippen molar-refractivity contribution >= 4 is 34.9 Å². The highest BCUT2D eigenvalue weighted by molar-refractivity contribution is 6.31. The maximum Gasteiger partial charge on any atom is 0.337 e. The predicted octanol–water partition coefficient (Wildman–Crippen LogP) is 4.35. The number of aromatic nitrogens is 1. The lowest BCUT2D eigenvalue weighted by Crippen LogP contribution is -2.34. The van der Waals surface area contributed by atoms with Crippen molar-refractivity contribution in [2.24, 2.45) is 0 Å². The lowest BCUT2D eigenvalue weighted by molar-refractivity contribution is 0.0958. The molecule has 0 aliphatic carbocycles. The first-order valence-corrected chi connectivity index (χ1v) is 9.91. The van der Waals surface area contributed by atoms with Crippen molar-refractivity contribution < 1.29 is 19.1 Å². The number of hydrazine groups is 1. The maximum atomic E-state index is 12.3. The van der Waals surface area contributed by atoms with Crippen LogP contribution in [0.5, 0.6) is 17.2 Å². The third-order valence-corrected chi connectivity index (χ3v) is 4.66. The van der Waals surface area contributed by atoms with Crippen LogP contribution in [0.25, 0.3) is 0 Å². The quantitative estimate of drug-likeness (QED) is 0.394. The molecule has 3 aromatic rings. The lowest BCUT2D eigenvalue weighted by atomic mass is 10.2. The molecule has 166 valence electrons. The topological polar surface area (TPSA) is 114 Å². The average molecular weight is 456 g/mol. The summed E-state index contributed by atoms with van der Waals surface area (Å²) in [6.07, 6.45) is 1.49. The predicted molar refractivity (Wildman–Crippen MR) is 123 cm³/mol. The second-order valence-corrected chi connectivity index (χ2v) is 6.97. The molecule has 1 aromatic heterocycles. The van der Waals surface area contributed by atoms with Crippen LogP contribution in [0.2, 0.25) is 5.02 Å². The van der Waals surface area contributed by atoms with Crippen molar-refractivity contribution in [1.82, 2.24) is 15.7 Å². The van der Waals surface area contributed by atoms with Gasteiger partial charge in [0, 0.05) is 29.9 Å². The summed E-state index contributed by atoms with van der Waals surface area (Å²) in [6.45, 7) is 1.83. The number of hydrogen-bond donors (Lipinski definition) is 4. The van der Waals surface area contributed by atoms with Gasteiger partial charge in [0.15, 0.2) is 0 Å². The molecule has 9 nitrogen and oxygen atoms in total. The van der Waals surface area contributed by atoms with E-state index in [2.05, 4.69) is 26.5 Å². The first kappa shape index (κ1) is 22.7. The molecule has 0 fully saturated rings. The zero-order valence-corrected chi connectivity index (χ0v) is 18.4. The number of amides is 3. The van der Waals surface area contributed by atoms with E-state index in [1.807, 2.05) is 6.92 Å². The van der Waals surface area contributed by atoms with Crippen LogP contribution in [-0.2, 0) is 0 Å². The second-order valence-electron chi connectivity index (χ2n) is 6.54. The van der Waals surface area contributed by atoms with E-state index in [4.69, 9.17) is 21.1 Å². The van der Waals surface area contributed by atoms with Gasteiger partial charge in [0.2, 0.25) is 0 Å². The summed E-state index contributed by atoms with van der Waals surface area (Å²) in [7, 11) is 3.03. The van der Waals surface area contributed by atoms with E-state index in [9.17, 15) is 9.59 Å². The highest BCUT2D eigenvalue weighted by Gasteiger charge is 2.11. The molecule has 0 aliphatic heterocycles. The van der Waals surface area contributed by atoms with Crippen molar-refractivity contribution in [3.8, 4) is 17.2 Å².